The Morgan fingerprint density at radius 1 is 1.04 bits per heavy atom. The number of hydrogen-bond donors (Lipinski definition) is 0. The molecule has 6 nitrogen and oxygen atoms in total. The number of rotatable bonds is 4. The van der Waals surface area contributed by atoms with E-state index in [2.05, 4.69) is 15.3 Å². The van der Waals surface area contributed by atoms with E-state index >= 15 is 0 Å². The number of esters is 1. The Labute approximate surface area is 146 Å². The topological polar surface area (TPSA) is 69.9 Å². The summed E-state index contributed by atoms with van der Waals surface area (Å²) in [5.41, 5.74) is 2.76. The molecule has 0 unspecified atom stereocenters. The molecule has 2 heterocycles. The molecule has 0 atom stereocenters. The minimum absolute atomic E-state index is 0.000415. The molecule has 0 saturated carbocycles. The second-order valence-electron chi connectivity index (χ2n) is 6.63. The maximum atomic E-state index is 12.2. The molecule has 0 saturated heterocycles. The van der Waals surface area contributed by atoms with Crippen LogP contribution in [0.2, 0.25) is 0 Å². The summed E-state index contributed by atoms with van der Waals surface area (Å²) >= 11 is 0. The molecule has 0 spiro atoms. The highest BCUT2D eigenvalue weighted by atomic mass is 16.6. The van der Waals surface area contributed by atoms with Crippen molar-refractivity contribution in [3.05, 3.63) is 54.9 Å². The van der Waals surface area contributed by atoms with Crippen LogP contribution in [0.25, 0.3) is 22.5 Å². The van der Waals surface area contributed by atoms with Crippen LogP contribution < -0.4 is 0 Å². The van der Waals surface area contributed by atoms with Gasteiger partial charge in [-0.25, -0.2) is 4.68 Å². The predicted molar refractivity (Wildman–Crippen MR) is 94.5 cm³/mol. The molecule has 0 bridgehead atoms. The van der Waals surface area contributed by atoms with E-state index in [0.29, 0.717) is 5.69 Å². The number of pyridine rings is 1. The Balaban J connectivity index is 2.02. The molecule has 0 aliphatic rings. The zero-order valence-corrected chi connectivity index (χ0v) is 14.5. The van der Waals surface area contributed by atoms with E-state index in [1.54, 1.807) is 17.1 Å². The van der Waals surface area contributed by atoms with Crippen LogP contribution in [-0.2, 0) is 16.1 Å². The van der Waals surface area contributed by atoms with Crippen LogP contribution in [0.5, 0.6) is 0 Å². The molecule has 25 heavy (non-hydrogen) atoms. The number of hydrogen-bond acceptors (Lipinski definition) is 5. The summed E-state index contributed by atoms with van der Waals surface area (Å²) in [5, 5.41) is 8.47. The molecular weight excluding hydrogens is 316 g/mol. The lowest BCUT2D eigenvalue weighted by molar-refractivity contribution is -0.155. The SMILES string of the molecule is CC(C)(C)OC(=O)Cn1nnc(-c2ccncc2)c1-c1ccccc1. The van der Waals surface area contributed by atoms with Gasteiger partial charge in [-0.1, -0.05) is 35.5 Å². The molecule has 1 aromatic carbocycles. The van der Waals surface area contributed by atoms with Crippen molar-refractivity contribution in [3.8, 4) is 22.5 Å². The lowest BCUT2D eigenvalue weighted by atomic mass is 10.1. The van der Waals surface area contributed by atoms with Crippen LogP contribution in [0.3, 0.4) is 0 Å². The number of nitrogens with zero attached hydrogens (tertiary/aromatic N) is 4. The second-order valence-corrected chi connectivity index (χ2v) is 6.63. The Hall–Kier alpha value is -3.02. The van der Waals surface area contributed by atoms with Gasteiger partial charge in [0.05, 0.1) is 5.69 Å². The van der Waals surface area contributed by atoms with Gasteiger partial charge in [0.25, 0.3) is 0 Å². The summed E-state index contributed by atoms with van der Waals surface area (Å²) in [7, 11) is 0. The van der Waals surface area contributed by atoms with Gasteiger partial charge in [-0.2, -0.15) is 0 Å². The summed E-state index contributed by atoms with van der Waals surface area (Å²) in [6.07, 6.45) is 3.41. The van der Waals surface area contributed by atoms with Gasteiger partial charge in [0.1, 0.15) is 17.8 Å². The first-order valence-electron chi connectivity index (χ1n) is 8.05. The average Bonchev–Trinajstić information content (AvgIpc) is 2.98. The maximum Gasteiger partial charge on any atom is 0.328 e. The van der Waals surface area contributed by atoms with Crippen LogP contribution in [0.15, 0.2) is 54.9 Å². The van der Waals surface area contributed by atoms with Crippen LogP contribution in [0.1, 0.15) is 20.8 Å². The number of carbonyl (C=O) groups is 1. The van der Waals surface area contributed by atoms with Crippen molar-refractivity contribution in [1.29, 1.82) is 0 Å². The molecule has 0 amide bonds. The monoisotopic (exact) mass is 336 g/mol. The first kappa shape index (κ1) is 16.8. The fourth-order valence-corrected chi connectivity index (χ4v) is 2.51. The molecule has 0 aliphatic carbocycles. The van der Waals surface area contributed by atoms with Crippen molar-refractivity contribution in [2.75, 3.05) is 0 Å². The molecule has 0 aliphatic heterocycles. The number of ether oxygens (including phenoxy) is 1. The van der Waals surface area contributed by atoms with Gasteiger partial charge in [-0.3, -0.25) is 9.78 Å². The van der Waals surface area contributed by atoms with Crippen molar-refractivity contribution in [2.45, 2.75) is 32.9 Å². The molecule has 3 aromatic rings. The van der Waals surface area contributed by atoms with Gasteiger partial charge in [0.15, 0.2) is 0 Å². The van der Waals surface area contributed by atoms with Gasteiger partial charge in [-0.15, -0.1) is 5.10 Å². The Morgan fingerprint density at radius 2 is 1.72 bits per heavy atom. The van der Waals surface area contributed by atoms with Gasteiger partial charge >= 0.3 is 5.97 Å². The van der Waals surface area contributed by atoms with E-state index in [9.17, 15) is 4.79 Å². The normalized spacial score (nSPS) is 11.3. The van der Waals surface area contributed by atoms with Crippen molar-refractivity contribution in [2.24, 2.45) is 0 Å². The van der Waals surface area contributed by atoms with Gasteiger partial charge < -0.3 is 4.74 Å². The summed E-state index contributed by atoms with van der Waals surface area (Å²) in [5.74, 6) is -0.351. The lowest BCUT2D eigenvalue weighted by Gasteiger charge is -2.19. The van der Waals surface area contributed by atoms with Crippen molar-refractivity contribution < 1.29 is 9.53 Å². The minimum atomic E-state index is -0.543. The molecule has 0 radical (unpaired) electrons. The zero-order chi connectivity index (χ0) is 17.9. The van der Waals surface area contributed by atoms with E-state index in [0.717, 1.165) is 16.8 Å². The third-order valence-corrected chi connectivity index (χ3v) is 3.43. The fourth-order valence-electron chi connectivity index (χ4n) is 2.51. The summed E-state index contributed by atoms with van der Waals surface area (Å²) in [6, 6.07) is 13.5. The largest absolute Gasteiger partial charge is 0.459 e. The van der Waals surface area contributed by atoms with E-state index in [1.165, 1.54) is 0 Å². The standard InChI is InChI=1S/C19H20N4O2/c1-19(2,3)25-16(24)13-23-18(15-7-5-4-6-8-15)17(21-22-23)14-9-11-20-12-10-14/h4-12H,13H2,1-3H3. The van der Waals surface area contributed by atoms with Crippen LogP contribution in [-0.4, -0.2) is 31.5 Å². The number of benzene rings is 1. The molecule has 3 rings (SSSR count). The van der Waals surface area contributed by atoms with E-state index in [1.807, 2.05) is 63.2 Å². The maximum absolute atomic E-state index is 12.2. The number of carbonyl (C=O) groups excluding carboxylic acids is 1. The van der Waals surface area contributed by atoms with E-state index < -0.39 is 5.60 Å². The third-order valence-electron chi connectivity index (χ3n) is 3.43. The first-order chi connectivity index (χ1) is 11.9. The van der Waals surface area contributed by atoms with Crippen LogP contribution in [0.4, 0.5) is 0 Å². The highest BCUT2D eigenvalue weighted by molar-refractivity contribution is 5.79. The first-order valence-corrected chi connectivity index (χ1v) is 8.05. The molecule has 0 N–H and O–H groups in total. The Kier molecular flexibility index (Phi) is 4.61. The smallest absolute Gasteiger partial charge is 0.328 e. The summed E-state index contributed by atoms with van der Waals surface area (Å²) in [4.78, 5) is 16.3. The van der Waals surface area contributed by atoms with E-state index in [4.69, 9.17) is 4.74 Å². The third kappa shape index (κ3) is 4.09. The van der Waals surface area contributed by atoms with Gasteiger partial charge in [0, 0.05) is 23.5 Å². The summed E-state index contributed by atoms with van der Waals surface area (Å²) < 4.78 is 6.99. The fraction of sp³-hybridized carbons (Fsp3) is 0.263. The number of aromatic nitrogens is 4. The van der Waals surface area contributed by atoms with Gasteiger partial charge in [-0.05, 0) is 32.9 Å². The lowest BCUT2D eigenvalue weighted by Crippen LogP contribution is -2.27. The quantitative estimate of drug-likeness (QED) is 0.683. The summed E-state index contributed by atoms with van der Waals surface area (Å²) in [6.45, 7) is 5.52. The second kappa shape index (κ2) is 6.84. The Morgan fingerprint density at radius 3 is 2.36 bits per heavy atom. The highest BCUT2D eigenvalue weighted by Gasteiger charge is 2.21. The average molecular weight is 336 g/mol. The van der Waals surface area contributed by atoms with Crippen LogP contribution in [0, 0.1) is 0 Å². The predicted octanol–water partition coefficient (Wildman–Crippen LogP) is 3.35. The van der Waals surface area contributed by atoms with Crippen molar-refractivity contribution in [1.82, 2.24) is 20.0 Å². The minimum Gasteiger partial charge on any atom is -0.459 e. The van der Waals surface area contributed by atoms with Crippen molar-refractivity contribution in [3.63, 3.8) is 0 Å². The van der Waals surface area contributed by atoms with Crippen LogP contribution >= 0.6 is 0 Å². The zero-order valence-electron chi connectivity index (χ0n) is 14.5. The van der Waals surface area contributed by atoms with Crippen molar-refractivity contribution >= 4 is 5.97 Å². The highest BCUT2D eigenvalue weighted by Crippen LogP contribution is 2.29. The van der Waals surface area contributed by atoms with Gasteiger partial charge in [0.2, 0.25) is 0 Å². The Bertz CT molecular complexity index is 852. The molecular formula is C19H20N4O2. The van der Waals surface area contributed by atoms with E-state index in [-0.39, 0.29) is 12.5 Å². The molecule has 2 aromatic heterocycles. The molecule has 0 fully saturated rings. The molecule has 128 valence electrons. The molecule has 6 heteroatoms.